The number of aromatic nitrogens is 1. The third-order valence-electron chi connectivity index (χ3n) is 6.95. The van der Waals surface area contributed by atoms with Gasteiger partial charge in [-0.15, -0.1) is 0 Å². The van der Waals surface area contributed by atoms with E-state index in [2.05, 4.69) is 27.6 Å². The summed E-state index contributed by atoms with van der Waals surface area (Å²) in [4.78, 5) is 3.75. The minimum absolute atomic E-state index is 0.397. The summed E-state index contributed by atoms with van der Waals surface area (Å²) in [6, 6.07) is 38.8. The number of benzene rings is 5. The third kappa shape index (κ3) is 3.52. The van der Waals surface area contributed by atoms with E-state index in [0.717, 1.165) is 38.6 Å². The zero-order chi connectivity index (χ0) is 26.9. The summed E-state index contributed by atoms with van der Waals surface area (Å²) in [6.45, 7) is 7.82. The Morgan fingerprint density at radius 2 is 1.03 bits per heavy atom. The van der Waals surface area contributed by atoms with E-state index in [0.29, 0.717) is 33.5 Å². The Labute approximate surface area is 225 Å². The van der Waals surface area contributed by atoms with Gasteiger partial charge in [-0.2, -0.15) is 15.8 Å². The number of fused-ring (bicyclic) bond motifs is 3. The summed E-state index contributed by atoms with van der Waals surface area (Å²) < 4.78 is 2.12. The summed E-state index contributed by atoms with van der Waals surface area (Å²) in [5, 5.41) is 31.8. The Kier molecular flexibility index (Phi) is 5.60. The fourth-order valence-electron chi connectivity index (χ4n) is 5.39. The minimum Gasteiger partial charge on any atom is -0.308 e. The van der Waals surface area contributed by atoms with Crippen molar-refractivity contribution in [2.45, 2.75) is 0 Å². The van der Waals surface area contributed by atoms with Crippen molar-refractivity contribution >= 4 is 27.5 Å². The SMILES string of the molecule is [C-]#[N+]c1cccc(C#N)c1-c1cccc2c3cccc(-c4c(C#N)cccc4C#N)c3n(-c3ccccc3)c12. The van der Waals surface area contributed by atoms with Crippen molar-refractivity contribution in [2.24, 2.45) is 0 Å². The van der Waals surface area contributed by atoms with Gasteiger partial charge in [-0.3, -0.25) is 0 Å². The predicted octanol–water partition coefficient (Wildman–Crippen LogP) is 8.28. The molecule has 178 valence electrons. The molecule has 0 N–H and O–H groups in total. The van der Waals surface area contributed by atoms with Gasteiger partial charge in [-0.1, -0.05) is 72.8 Å². The second kappa shape index (κ2) is 9.38. The maximum atomic E-state index is 9.99. The van der Waals surface area contributed by atoms with E-state index in [1.165, 1.54) is 0 Å². The number of para-hydroxylation sites is 3. The Balaban J connectivity index is 1.89. The summed E-state index contributed by atoms with van der Waals surface area (Å²) in [6.07, 6.45) is 0. The topological polar surface area (TPSA) is 80.7 Å². The molecule has 0 saturated carbocycles. The average Bonchev–Trinajstić information content (AvgIpc) is 3.35. The van der Waals surface area contributed by atoms with Crippen LogP contribution in [0.1, 0.15) is 16.7 Å². The van der Waals surface area contributed by atoms with Crippen LogP contribution in [0.4, 0.5) is 5.69 Å². The minimum atomic E-state index is 0.397. The smallest absolute Gasteiger partial charge is 0.196 e. The molecule has 5 heteroatoms. The zero-order valence-electron chi connectivity index (χ0n) is 20.6. The summed E-state index contributed by atoms with van der Waals surface area (Å²) in [5.74, 6) is 0. The first-order valence-electron chi connectivity index (χ1n) is 12.2. The predicted molar refractivity (Wildman–Crippen MR) is 152 cm³/mol. The molecule has 6 rings (SSSR count). The average molecular weight is 496 g/mol. The van der Waals surface area contributed by atoms with E-state index in [1.807, 2.05) is 66.7 Å². The summed E-state index contributed by atoms with van der Waals surface area (Å²) in [7, 11) is 0. The van der Waals surface area contributed by atoms with Crippen LogP contribution in [0, 0.1) is 40.6 Å². The van der Waals surface area contributed by atoms with Gasteiger partial charge in [-0.25, -0.2) is 4.85 Å². The molecule has 0 unspecified atom stereocenters. The second-order valence-corrected chi connectivity index (χ2v) is 8.95. The maximum Gasteiger partial charge on any atom is 0.196 e. The van der Waals surface area contributed by atoms with Crippen LogP contribution in [0.3, 0.4) is 0 Å². The number of nitrogens with zero attached hydrogens (tertiary/aromatic N) is 5. The van der Waals surface area contributed by atoms with Gasteiger partial charge in [0.1, 0.15) is 0 Å². The fraction of sp³-hybridized carbons (Fsp3) is 0. The summed E-state index contributed by atoms with van der Waals surface area (Å²) >= 11 is 0. The molecule has 1 aromatic heterocycles. The van der Waals surface area contributed by atoms with Crippen LogP contribution in [0.15, 0.2) is 103 Å². The van der Waals surface area contributed by atoms with E-state index in [9.17, 15) is 15.8 Å². The fourth-order valence-corrected chi connectivity index (χ4v) is 5.39. The Morgan fingerprint density at radius 3 is 1.56 bits per heavy atom. The molecular formula is C34H17N5. The lowest BCUT2D eigenvalue weighted by molar-refractivity contribution is 1.18. The van der Waals surface area contributed by atoms with Crippen molar-refractivity contribution in [1.29, 1.82) is 15.8 Å². The first-order chi connectivity index (χ1) is 19.2. The lowest BCUT2D eigenvalue weighted by Gasteiger charge is -2.15. The number of hydrogen-bond acceptors (Lipinski definition) is 3. The third-order valence-corrected chi connectivity index (χ3v) is 6.95. The molecule has 6 aromatic rings. The lowest BCUT2D eigenvalue weighted by atomic mass is 9.93. The van der Waals surface area contributed by atoms with E-state index >= 15 is 0 Å². The van der Waals surface area contributed by atoms with Crippen LogP contribution < -0.4 is 0 Å². The van der Waals surface area contributed by atoms with Gasteiger partial charge < -0.3 is 4.57 Å². The van der Waals surface area contributed by atoms with Crippen LogP contribution in [0.25, 0.3) is 54.6 Å². The van der Waals surface area contributed by atoms with Crippen LogP contribution >= 0.6 is 0 Å². The molecule has 5 nitrogen and oxygen atoms in total. The number of nitriles is 3. The highest BCUT2D eigenvalue weighted by molar-refractivity contribution is 6.18. The molecule has 0 spiro atoms. The highest BCUT2D eigenvalue weighted by Crippen LogP contribution is 2.45. The molecule has 5 aromatic carbocycles. The normalized spacial score (nSPS) is 10.5. The molecule has 0 aliphatic rings. The van der Waals surface area contributed by atoms with Crippen LogP contribution in [0.2, 0.25) is 0 Å². The maximum absolute atomic E-state index is 9.99. The Bertz CT molecular complexity index is 1910. The Hall–Kier alpha value is -6.14. The molecule has 0 atom stereocenters. The van der Waals surface area contributed by atoms with Crippen molar-refractivity contribution in [3.05, 3.63) is 131 Å². The molecule has 1 heterocycles. The molecule has 0 radical (unpaired) electrons. The number of hydrogen-bond donors (Lipinski definition) is 0. The molecular weight excluding hydrogens is 478 g/mol. The van der Waals surface area contributed by atoms with Gasteiger partial charge >= 0.3 is 0 Å². The van der Waals surface area contributed by atoms with Gasteiger partial charge in [0.15, 0.2) is 5.69 Å². The van der Waals surface area contributed by atoms with Crippen LogP contribution in [0.5, 0.6) is 0 Å². The van der Waals surface area contributed by atoms with Gasteiger partial charge in [0.05, 0.1) is 46.9 Å². The van der Waals surface area contributed by atoms with Gasteiger partial charge in [-0.05, 0) is 35.9 Å². The monoisotopic (exact) mass is 495 g/mol. The van der Waals surface area contributed by atoms with E-state index < -0.39 is 0 Å². The van der Waals surface area contributed by atoms with E-state index in [1.54, 1.807) is 36.4 Å². The van der Waals surface area contributed by atoms with Crippen LogP contribution in [-0.2, 0) is 0 Å². The first-order valence-corrected chi connectivity index (χ1v) is 12.2. The highest BCUT2D eigenvalue weighted by Gasteiger charge is 2.23. The second-order valence-electron chi connectivity index (χ2n) is 8.95. The van der Waals surface area contributed by atoms with Crippen molar-refractivity contribution < 1.29 is 0 Å². The molecule has 0 saturated heterocycles. The molecule has 39 heavy (non-hydrogen) atoms. The van der Waals surface area contributed by atoms with Gasteiger partial charge in [0.2, 0.25) is 0 Å². The van der Waals surface area contributed by atoms with Crippen molar-refractivity contribution in [3.63, 3.8) is 0 Å². The zero-order valence-corrected chi connectivity index (χ0v) is 20.6. The molecule has 0 amide bonds. The van der Waals surface area contributed by atoms with Crippen molar-refractivity contribution in [2.75, 3.05) is 0 Å². The van der Waals surface area contributed by atoms with Crippen molar-refractivity contribution in [1.82, 2.24) is 4.57 Å². The molecule has 0 aliphatic heterocycles. The molecule has 0 aliphatic carbocycles. The largest absolute Gasteiger partial charge is 0.308 e. The van der Waals surface area contributed by atoms with Gasteiger partial charge in [0, 0.05) is 38.7 Å². The molecule has 0 fully saturated rings. The number of rotatable bonds is 3. The first kappa shape index (κ1) is 23.3. The Morgan fingerprint density at radius 1 is 0.538 bits per heavy atom. The van der Waals surface area contributed by atoms with Gasteiger partial charge in [0.25, 0.3) is 0 Å². The van der Waals surface area contributed by atoms with E-state index in [-0.39, 0.29) is 0 Å². The quantitative estimate of drug-likeness (QED) is 0.232. The molecule has 0 bridgehead atoms. The van der Waals surface area contributed by atoms with Crippen LogP contribution in [-0.4, -0.2) is 4.57 Å². The summed E-state index contributed by atoms with van der Waals surface area (Å²) in [5.41, 5.74) is 6.87. The van der Waals surface area contributed by atoms with Crippen molar-refractivity contribution in [3.8, 4) is 46.1 Å². The van der Waals surface area contributed by atoms with E-state index in [4.69, 9.17) is 6.57 Å². The highest BCUT2D eigenvalue weighted by atomic mass is 15.0. The standard InChI is InChI=1S/C34H17N5/c1-38-30-18-6-11-24(21-37)32(30)29-17-8-15-27-26-14-7-16-28(31-22(19-35)9-5-10-23(31)20-36)33(26)39(34(27)29)25-12-3-2-4-13-25/h2-18H. The lowest BCUT2D eigenvalue weighted by Crippen LogP contribution is -1.99.